The number of carboxylic acid groups (broad SMARTS) is 1. The summed E-state index contributed by atoms with van der Waals surface area (Å²) in [5.41, 5.74) is 0. The third kappa shape index (κ3) is 2.91. The number of nitrogens with one attached hydrogen (secondary N) is 1. The minimum Gasteiger partial charge on any atom is -0.480 e. The van der Waals surface area contributed by atoms with Crippen molar-refractivity contribution in [2.24, 2.45) is 0 Å². The number of carbonyl (C=O) groups is 1. The summed E-state index contributed by atoms with van der Waals surface area (Å²) in [6, 6.07) is 3.43. The Balaban J connectivity index is 3.08. The second kappa shape index (κ2) is 4.77. The second-order valence-corrected chi connectivity index (χ2v) is 4.91. The lowest BCUT2D eigenvalue weighted by molar-refractivity contribution is -0.135. The smallest absolute Gasteiger partial charge is 0.318 e. The summed E-state index contributed by atoms with van der Waals surface area (Å²) in [6.07, 6.45) is 0. The fourth-order valence-electron chi connectivity index (χ4n) is 0.926. The van der Waals surface area contributed by atoms with Crippen molar-refractivity contribution in [1.82, 2.24) is 4.72 Å². The van der Waals surface area contributed by atoms with Crippen LogP contribution in [0.4, 0.5) is 4.39 Å². The van der Waals surface area contributed by atoms with Crippen LogP contribution in [0.5, 0.6) is 0 Å². The van der Waals surface area contributed by atoms with Gasteiger partial charge < -0.3 is 5.11 Å². The average Bonchev–Trinajstić information content (AvgIpc) is 2.19. The van der Waals surface area contributed by atoms with E-state index in [4.69, 9.17) is 16.7 Å². The van der Waals surface area contributed by atoms with E-state index in [1.165, 1.54) is 12.1 Å². The molecule has 0 heterocycles. The van der Waals surface area contributed by atoms with E-state index in [1.54, 1.807) is 4.72 Å². The van der Waals surface area contributed by atoms with E-state index in [0.717, 1.165) is 6.07 Å². The molecule has 1 rings (SSSR count). The number of hydrogen-bond donors (Lipinski definition) is 2. The number of rotatable bonds is 4. The predicted octanol–water partition coefficient (Wildman–Crippen LogP) is 0.842. The molecule has 0 radical (unpaired) electrons. The highest BCUT2D eigenvalue weighted by atomic mass is 35.5. The summed E-state index contributed by atoms with van der Waals surface area (Å²) < 4.78 is 37.9. The maximum atomic E-state index is 13.3. The van der Waals surface area contributed by atoms with Crippen LogP contribution in [0.25, 0.3) is 0 Å². The number of benzene rings is 1. The van der Waals surface area contributed by atoms with Gasteiger partial charge in [0.2, 0.25) is 10.0 Å². The molecular formula is C8H7ClFNO4S. The minimum absolute atomic E-state index is 0.349. The van der Waals surface area contributed by atoms with Crippen molar-refractivity contribution in [1.29, 1.82) is 0 Å². The maximum absolute atomic E-state index is 13.3. The highest BCUT2D eigenvalue weighted by Crippen LogP contribution is 2.21. The number of sulfonamides is 1. The summed E-state index contributed by atoms with van der Waals surface area (Å²) in [5.74, 6) is -2.48. The van der Waals surface area contributed by atoms with E-state index in [2.05, 4.69) is 0 Å². The molecule has 8 heteroatoms. The Hall–Kier alpha value is -1.18. The molecule has 0 aliphatic heterocycles. The first kappa shape index (κ1) is 12.9. The summed E-state index contributed by atoms with van der Waals surface area (Å²) in [5, 5.41) is 7.95. The summed E-state index contributed by atoms with van der Waals surface area (Å²) in [7, 11) is -4.20. The predicted molar refractivity (Wildman–Crippen MR) is 54.2 cm³/mol. The van der Waals surface area contributed by atoms with Gasteiger partial charge in [0.05, 0.1) is 5.02 Å². The molecule has 0 saturated carbocycles. The molecule has 0 saturated heterocycles. The maximum Gasteiger partial charge on any atom is 0.318 e. The van der Waals surface area contributed by atoms with Crippen molar-refractivity contribution in [3.63, 3.8) is 0 Å². The second-order valence-electron chi connectivity index (χ2n) is 2.77. The van der Waals surface area contributed by atoms with E-state index in [1.807, 2.05) is 0 Å². The highest BCUT2D eigenvalue weighted by Gasteiger charge is 2.21. The number of aliphatic carboxylic acids is 1. The van der Waals surface area contributed by atoms with Gasteiger partial charge in [-0.15, -0.1) is 0 Å². The van der Waals surface area contributed by atoms with Crippen LogP contribution in [-0.4, -0.2) is 26.0 Å². The van der Waals surface area contributed by atoms with Gasteiger partial charge >= 0.3 is 5.97 Å². The van der Waals surface area contributed by atoms with Crippen molar-refractivity contribution in [2.75, 3.05) is 6.54 Å². The van der Waals surface area contributed by atoms with E-state index in [-0.39, 0.29) is 5.02 Å². The fraction of sp³-hybridized carbons (Fsp3) is 0.125. The Morgan fingerprint density at radius 2 is 2.12 bits per heavy atom. The lowest BCUT2D eigenvalue weighted by Crippen LogP contribution is -2.30. The molecule has 0 fully saturated rings. The molecule has 0 aromatic heterocycles. The molecule has 16 heavy (non-hydrogen) atoms. The lowest BCUT2D eigenvalue weighted by Gasteiger charge is -2.06. The van der Waals surface area contributed by atoms with Gasteiger partial charge in [0, 0.05) is 0 Å². The molecule has 2 N–H and O–H groups in total. The van der Waals surface area contributed by atoms with E-state index in [0.29, 0.717) is 0 Å². The molecular weight excluding hydrogens is 261 g/mol. The molecule has 0 atom stereocenters. The van der Waals surface area contributed by atoms with Crippen LogP contribution in [0.15, 0.2) is 23.1 Å². The third-order valence-electron chi connectivity index (χ3n) is 1.62. The molecule has 0 aliphatic rings. The summed E-state index contributed by atoms with van der Waals surface area (Å²) in [6.45, 7) is -0.825. The number of carboxylic acids is 1. The summed E-state index contributed by atoms with van der Waals surface area (Å²) >= 11 is 5.40. The van der Waals surface area contributed by atoms with Gasteiger partial charge in [-0.3, -0.25) is 4.79 Å². The van der Waals surface area contributed by atoms with Gasteiger partial charge in [0.25, 0.3) is 0 Å². The standard InChI is InChI=1S/C8H7ClFNO4S/c9-5-2-1-3-6(8(5)10)16(14,15)11-4-7(12)13/h1-3,11H,4H2,(H,12,13). The molecule has 1 aromatic carbocycles. The van der Waals surface area contributed by atoms with Gasteiger partial charge in [0.1, 0.15) is 11.4 Å². The largest absolute Gasteiger partial charge is 0.480 e. The Kier molecular flexibility index (Phi) is 3.84. The molecule has 1 aromatic rings. The molecule has 0 aliphatic carbocycles. The number of halogens is 2. The minimum atomic E-state index is -4.20. The van der Waals surface area contributed by atoms with Crippen molar-refractivity contribution >= 4 is 27.6 Å². The van der Waals surface area contributed by atoms with Crippen LogP contribution >= 0.6 is 11.6 Å². The molecule has 5 nitrogen and oxygen atoms in total. The molecule has 88 valence electrons. The Labute approximate surface area is 95.9 Å². The van der Waals surface area contributed by atoms with Gasteiger partial charge in [-0.1, -0.05) is 17.7 Å². The first-order valence-corrected chi connectivity index (χ1v) is 5.86. The quantitative estimate of drug-likeness (QED) is 0.847. The van der Waals surface area contributed by atoms with Crippen molar-refractivity contribution in [3.05, 3.63) is 29.0 Å². The first-order valence-electron chi connectivity index (χ1n) is 4.00. The topological polar surface area (TPSA) is 83.5 Å². The Bertz CT molecular complexity index is 517. The molecule has 0 bridgehead atoms. The molecule has 0 unspecified atom stereocenters. The van der Waals surface area contributed by atoms with Crippen molar-refractivity contribution in [2.45, 2.75) is 4.90 Å². The van der Waals surface area contributed by atoms with Crippen LogP contribution in [0.1, 0.15) is 0 Å². The zero-order valence-electron chi connectivity index (χ0n) is 7.78. The Morgan fingerprint density at radius 1 is 1.50 bits per heavy atom. The number of hydrogen-bond acceptors (Lipinski definition) is 3. The molecule has 0 spiro atoms. The van der Waals surface area contributed by atoms with Crippen LogP contribution in [0, 0.1) is 5.82 Å². The van der Waals surface area contributed by atoms with E-state index in [9.17, 15) is 17.6 Å². The monoisotopic (exact) mass is 267 g/mol. The zero-order chi connectivity index (χ0) is 12.3. The van der Waals surface area contributed by atoms with Gasteiger partial charge in [0.15, 0.2) is 5.82 Å². The zero-order valence-corrected chi connectivity index (χ0v) is 9.35. The SMILES string of the molecule is O=C(O)CNS(=O)(=O)c1cccc(Cl)c1F. The first-order chi connectivity index (χ1) is 7.34. The van der Waals surface area contributed by atoms with Crippen molar-refractivity contribution in [3.8, 4) is 0 Å². The van der Waals surface area contributed by atoms with Crippen LogP contribution in [-0.2, 0) is 14.8 Å². The van der Waals surface area contributed by atoms with Crippen LogP contribution < -0.4 is 4.72 Å². The van der Waals surface area contributed by atoms with E-state index >= 15 is 0 Å². The van der Waals surface area contributed by atoms with Gasteiger partial charge in [-0.25, -0.2) is 12.8 Å². The average molecular weight is 268 g/mol. The lowest BCUT2D eigenvalue weighted by atomic mass is 10.3. The Morgan fingerprint density at radius 3 is 2.69 bits per heavy atom. The fourth-order valence-corrected chi connectivity index (χ4v) is 2.23. The van der Waals surface area contributed by atoms with Crippen molar-refractivity contribution < 1.29 is 22.7 Å². The van der Waals surface area contributed by atoms with Gasteiger partial charge in [-0.2, -0.15) is 4.72 Å². The highest BCUT2D eigenvalue weighted by molar-refractivity contribution is 7.89. The molecule has 0 amide bonds. The van der Waals surface area contributed by atoms with Gasteiger partial charge in [-0.05, 0) is 12.1 Å². The summed E-state index contributed by atoms with van der Waals surface area (Å²) in [4.78, 5) is 9.50. The van der Waals surface area contributed by atoms with E-state index < -0.39 is 33.3 Å². The van der Waals surface area contributed by atoms with Crippen LogP contribution in [0.3, 0.4) is 0 Å². The third-order valence-corrected chi connectivity index (χ3v) is 3.33. The normalized spacial score (nSPS) is 11.4. The van der Waals surface area contributed by atoms with Crippen LogP contribution in [0.2, 0.25) is 5.02 Å².